The first-order valence-corrected chi connectivity index (χ1v) is 8.49. The van der Waals surface area contributed by atoms with Crippen molar-refractivity contribution in [3.05, 3.63) is 69.6 Å². The molecule has 0 unspecified atom stereocenters. The number of hydrogen-bond donors (Lipinski definition) is 1. The predicted octanol–water partition coefficient (Wildman–Crippen LogP) is 2.75. The van der Waals surface area contributed by atoms with Gasteiger partial charge in [-0.3, -0.25) is 9.59 Å². The van der Waals surface area contributed by atoms with E-state index in [-0.39, 0.29) is 17.9 Å². The summed E-state index contributed by atoms with van der Waals surface area (Å²) in [5.74, 6) is 0.0389. The topological polar surface area (TPSA) is 66.1 Å². The van der Waals surface area contributed by atoms with Gasteiger partial charge in [-0.1, -0.05) is 29.8 Å². The molecule has 0 aliphatic carbocycles. The van der Waals surface area contributed by atoms with Crippen LogP contribution in [0.1, 0.15) is 23.2 Å². The molecular weight excluding hydrogens is 314 g/mol. The summed E-state index contributed by atoms with van der Waals surface area (Å²) < 4.78 is 0. The van der Waals surface area contributed by atoms with Crippen LogP contribution >= 0.6 is 0 Å². The highest BCUT2D eigenvalue weighted by molar-refractivity contribution is 5.95. The Bertz CT molecular complexity index is 1020. The van der Waals surface area contributed by atoms with Gasteiger partial charge in [-0.15, -0.1) is 0 Å². The van der Waals surface area contributed by atoms with Crippen molar-refractivity contribution in [1.29, 1.82) is 0 Å². The Morgan fingerprint density at radius 3 is 2.96 bits per heavy atom. The molecule has 5 heteroatoms. The molecular formula is C20H19N3O2. The fourth-order valence-corrected chi connectivity index (χ4v) is 3.39. The number of benzene rings is 2. The van der Waals surface area contributed by atoms with Gasteiger partial charge in [0, 0.05) is 25.1 Å². The number of H-pyrrole nitrogens is 1. The highest BCUT2D eigenvalue weighted by atomic mass is 16.2. The van der Waals surface area contributed by atoms with E-state index in [4.69, 9.17) is 0 Å². The van der Waals surface area contributed by atoms with Gasteiger partial charge in [0.1, 0.15) is 5.69 Å². The van der Waals surface area contributed by atoms with Crippen LogP contribution in [-0.2, 0) is 17.6 Å². The summed E-state index contributed by atoms with van der Waals surface area (Å²) in [6, 6.07) is 13.6. The summed E-state index contributed by atoms with van der Waals surface area (Å²) in [7, 11) is 0. The second-order valence-corrected chi connectivity index (χ2v) is 6.46. The van der Waals surface area contributed by atoms with Crippen molar-refractivity contribution in [2.45, 2.75) is 26.2 Å². The fraction of sp³-hybridized carbons (Fsp3) is 0.250. The summed E-state index contributed by atoms with van der Waals surface area (Å²) in [5.41, 5.74) is 5.07. The van der Waals surface area contributed by atoms with Gasteiger partial charge in [-0.25, -0.2) is 4.98 Å². The number of nitrogens with one attached hydrogen (secondary N) is 1. The van der Waals surface area contributed by atoms with Crippen molar-refractivity contribution in [3.63, 3.8) is 0 Å². The van der Waals surface area contributed by atoms with Crippen molar-refractivity contribution < 1.29 is 4.79 Å². The minimum Gasteiger partial charge on any atom is -0.319 e. The van der Waals surface area contributed by atoms with Gasteiger partial charge in [0.25, 0.3) is 5.56 Å². The van der Waals surface area contributed by atoms with Crippen molar-refractivity contribution >= 4 is 22.6 Å². The Hall–Kier alpha value is -2.95. The molecule has 3 aromatic rings. The Morgan fingerprint density at radius 1 is 1.24 bits per heavy atom. The zero-order valence-corrected chi connectivity index (χ0v) is 14.1. The minimum absolute atomic E-state index is 0.0389. The van der Waals surface area contributed by atoms with E-state index in [2.05, 4.69) is 23.0 Å². The van der Waals surface area contributed by atoms with Gasteiger partial charge in [-0.05, 0) is 37.1 Å². The van der Waals surface area contributed by atoms with Crippen LogP contribution in [0.4, 0.5) is 5.69 Å². The van der Waals surface area contributed by atoms with Crippen molar-refractivity contribution in [3.8, 4) is 0 Å². The zero-order valence-electron chi connectivity index (χ0n) is 14.1. The van der Waals surface area contributed by atoms with E-state index in [0.717, 1.165) is 17.6 Å². The molecule has 0 bridgehead atoms. The molecule has 1 aliphatic heterocycles. The van der Waals surface area contributed by atoms with Gasteiger partial charge in [0.05, 0.1) is 11.0 Å². The number of aryl methyl sites for hydroxylation is 2. The minimum atomic E-state index is -0.219. The molecule has 1 amide bonds. The third-order valence-corrected chi connectivity index (χ3v) is 4.68. The Balaban J connectivity index is 1.52. The highest BCUT2D eigenvalue weighted by Gasteiger charge is 2.24. The maximum atomic E-state index is 12.6. The first-order valence-electron chi connectivity index (χ1n) is 8.49. The maximum Gasteiger partial charge on any atom is 0.270 e. The monoisotopic (exact) mass is 333 g/mol. The smallest absolute Gasteiger partial charge is 0.270 e. The van der Waals surface area contributed by atoms with Crippen LogP contribution < -0.4 is 10.5 Å². The lowest BCUT2D eigenvalue weighted by Gasteiger charge is -2.17. The third-order valence-electron chi connectivity index (χ3n) is 4.68. The van der Waals surface area contributed by atoms with Crippen LogP contribution in [-0.4, -0.2) is 22.4 Å². The third kappa shape index (κ3) is 2.93. The largest absolute Gasteiger partial charge is 0.319 e. The Kier molecular flexibility index (Phi) is 3.84. The molecule has 2 aromatic carbocycles. The van der Waals surface area contributed by atoms with E-state index in [0.29, 0.717) is 24.2 Å². The molecule has 25 heavy (non-hydrogen) atoms. The lowest BCUT2D eigenvalue weighted by atomic mass is 10.1. The lowest BCUT2D eigenvalue weighted by Crippen LogP contribution is -2.29. The van der Waals surface area contributed by atoms with Crippen LogP contribution in [0.25, 0.3) is 11.0 Å². The molecule has 1 aliphatic rings. The zero-order chi connectivity index (χ0) is 17.4. The average Bonchev–Trinajstić information content (AvgIpc) is 3.02. The van der Waals surface area contributed by atoms with E-state index < -0.39 is 0 Å². The second kappa shape index (κ2) is 6.16. The van der Waals surface area contributed by atoms with E-state index >= 15 is 0 Å². The fourth-order valence-electron chi connectivity index (χ4n) is 3.39. The normalized spacial score (nSPS) is 13.2. The molecule has 0 atom stereocenters. The Labute approximate surface area is 145 Å². The lowest BCUT2D eigenvalue weighted by molar-refractivity contribution is -0.118. The standard InChI is InChI=1S/C20H19N3O2/c1-13-6-8-18-14(12-13)10-11-23(18)19(24)9-7-17-20(25)22-16-5-3-2-4-15(16)21-17/h2-6,8,12H,7,9-11H2,1H3,(H,22,25). The number of hydrogen-bond acceptors (Lipinski definition) is 3. The number of aromatic amines is 1. The molecule has 0 saturated carbocycles. The molecule has 5 nitrogen and oxygen atoms in total. The van der Waals surface area contributed by atoms with Crippen LogP contribution in [0.5, 0.6) is 0 Å². The second-order valence-electron chi connectivity index (χ2n) is 6.46. The van der Waals surface area contributed by atoms with E-state index in [1.165, 1.54) is 11.1 Å². The van der Waals surface area contributed by atoms with Crippen molar-refractivity contribution in [1.82, 2.24) is 9.97 Å². The van der Waals surface area contributed by atoms with E-state index in [9.17, 15) is 9.59 Å². The Morgan fingerprint density at radius 2 is 2.08 bits per heavy atom. The van der Waals surface area contributed by atoms with E-state index in [1.54, 1.807) is 0 Å². The summed E-state index contributed by atoms with van der Waals surface area (Å²) in [6.45, 7) is 2.77. The molecule has 0 saturated heterocycles. The summed E-state index contributed by atoms with van der Waals surface area (Å²) in [6.07, 6.45) is 1.51. The van der Waals surface area contributed by atoms with Gasteiger partial charge in [0.15, 0.2) is 0 Å². The number of amides is 1. The number of anilines is 1. The molecule has 126 valence electrons. The molecule has 1 N–H and O–H groups in total. The number of rotatable bonds is 3. The maximum absolute atomic E-state index is 12.6. The van der Waals surface area contributed by atoms with Gasteiger partial charge in [-0.2, -0.15) is 0 Å². The number of fused-ring (bicyclic) bond motifs is 2. The van der Waals surface area contributed by atoms with Gasteiger partial charge < -0.3 is 9.88 Å². The number of para-hydroxylation sites is 2. The molecule has 0 fully saturated rings. The van der Waals surface area contributed by atoms with Crippen LogP contribution in [0.15, 0.2) is 47.3 Å². The summed E-state index contributed by atoms with van der Waals surface area (Å²) >= 11 is 0. The molecule has 0 radical (unpaired) electrons. The van der Waals surface area contributed by atoms with Crippen LogP contribution in [0, 0.1) is 6.92 Å². The van der Waals surface area contributed by atoms with Gasteiger partial charge in [0.2, 0.25) is 5.91 Å². The number of nitrogens with zero attached hydrogens (tertiary/aromatic N) is 2. The first kappa shape index (κ1) is 15.6. The van der Waals surface area contributed by atoms with E-state index in [1.807, 2.05) is 41.3 Å². The molecule has 1 aromatic heterocycles. The highest BCUT2D eigenvalue weighted by Crippen LogP contribution is 2.29. The molecule has 2 heterocycles. The number of carbonyl (C=O) groups excluding carboxylic acids is 1. The number of carbonyl (C=O) groups is 1. The number of aromatic nitrogens is 2. The van der Waals surface area contributed by atoms with Crippen LogP contribution in [0.3, 0.4) is 0 Å². The first-order chi connectivity index (χ1) is 12.1. The van der Waals surface area contributed by atoms with Gasteiger partial charge >= 0.3 is 0 Å². The summed E-state index contributed by atoms with van der Waals surface area (Å²) in [4.78, 5) is 33.9. The molecule has 4 rings (SSSR count). The average molecular weight is 333 g/mol. The summed E-state index contributed by atoms with van der Waals surface area (Å²) in [5, 5.41) is 0. The quantitative estimate of drug-likeness (QED) is 0.801. The van der Waals surface area contributed by atoms with Crippen LogP contribution in [0.2, 0.25) is 0 Å². The molecule has 0 spiro atoms. The predicted molar refractivity (Wildman–Crippen MR) is 97.9 cm³/mol. The van der Waals surface area contributed by atoms with Crippen molar-refractivity contribution in [2.24, 2.45) is 0 Å². The van der Waals surface area contributed by atoms with Crippen molar-refractivity contribution in [2.75, 3.05) is 11.4 Å². The SMILES string of the molecule is Cc1ccc2c(c1)CCN2C(=O)CCc1nc2ccccc2[nH]c1=O.